The second-order valence-electron chi connectivity index (χ2n) is 5.10. The van der Waals surface area contributed by atoms with Gasteiger partial charge in [-0.25, -0.2) is 4.98 Å². The van der Waals surface area contributed by atoms with Crippen LogP contribution in [0.5, 0.6) is 0 Å². The number of rotatable bonds is 6. The molecular weight excluding hydrogens is 270 g/mol. The van der Waals surface area contributed by atoms with Gasteiger partial charge >= 0.3 is 0 Å². The van der Waals surface area contributed by atoms with Gasteiger partial charge in [-0.2, -0.15) is 15.0 Å². The summed E-state index contributed by atoms with van der Waals surface area (Å²) in [5.41, 5.74) is -0.0817. The summed E-state index contributed by atoms with van der Waals surface area (Å²) in [5.74, 6) is 1.56. The van der Waals surface area contributed by atoms with E-state index in [9.17, 15) is 0 Å². The van der Waals surface area contributed by atoms with Gasteiger partial charge in [0.2, 0.25) is 17.8 Å². The fourth-order valence-electron chi connectivity index (χ4n) is 2.31. The van der Waals surface area contributed by atoms with Gasteiger partial charge in [-0.05, 0) is 19.3 Å². The van der Waals surface area contributed by atoms with Crippen LogP contribution < -0.4 is 10.6 Å². The minimum absolute atomic E-state index is 0.0817. The zero-order chi connectivity index (χ0) is 14.7. The van der Waals surface area contributed by atoms with Crippen molar-refractivity contribution in [2.75, 3.05) is 31.3 Å². The van der Waals surface area contributed by atoms with Crippen molar-refractivity contribution in [3.8, 4) is 5.95 Å². The first kappa shape index (κ1) is 13.7. The number of nitrogens with one attached hydrogen (secondary N) is 2. The molecule has 8 nitrogen and oxygen atoms in total. The van der Waals surface area contributed by atoms with E-state index in [4.69, 9.17) is 4.74 Å². The Morgan fingerprint density at radius 3 is 2.67 bits per heavy atom. The summed E-state index contributed by atoms with van der Waals surface area (Å²) in [6, 6.07) is 0. The van der Waals surface area contributed by atoms with E-state index in [-0.39, 0.29) is 5.60 Å². The quantitative estimate of drug-likeness (QED) is 0.822. The Balaban J connectivity index is 1.79. The molecule has 0 saturated heterocycles. The second-order valence-corrected chi connectivity index (χ2v) is 5.10. The van der Waals surface area contributed by atoms with Crippen LogP contribution in [0.3, 0.4) is 0 Å². The molecule has 1 aliphatic carbocycles. The largest absolute Gasteiger partial charge is 0.376 e. The third kappa shape index (κ3) is 2.80. The highest BCUT2D eigenvalue weighted by Gasteiger charge is 2.36. The van der Waals surface area contributed by atoms with Crippen molar-refractivity contribution >= 4 is 11.9 Å². The average molecular weight is 289 g/mol. The van der Waals surface area contributed by atoms with Crippen LogP contribution in [0, 0.1) is 0 Å². The van der Waals surface area contributed by atoms with E-state index < -0.39 is 0 Å². The van der Waals surface area contributed by atoms with Gasteiger partial charge in [-0.1, -0.05) is 0 Å². The fourth-order valence-corrected chi connectivity index (χ4v) is 2.31. The molecule has 0 radical (unpaired) electrons. The first-order valence-corrected chi connectivity index (χ1v) is 6.96. The second kappa shape index (κ2) is 5.65. The van der Waals surface area contributed by atoms with Crippen molar-refractivity contribution in [3.05, 3.63) is 18.7 Å². The Morgan fingerprint density at radius 2 is 2.10 bits per heavy atom. The lowest BCUT2D eigenvalue weighted by atomic mass is 9.80. The number of methoxy groups -OCH3 is 1. The summed E-state index contributed by atoms with van der Waals surface area (Å²) < 4.78 is 7.33. The van der Waals surface area contributed by atoms with Crippen LogP contribution in [-0.4, -0.2) is 50.8 Å². The molecule has 0 bridgehead atoms. The van der Waals surface area contributed by atoms with Gasteiger partial charge in [0.1, 0.15) is 6.33 Å². The predicted octanol–water partition coefficient (Wildman–Crippen LogP) is 1.08. The van der Waals surface area contributed by atoms with Crippen LogP contribution >= 0.6 is 0 Å². The van der Waals surface area contributed by atoms with Gasteiger partial charge < -0.3 is 15.4 Å². The van der Waals surface area contributed by atoms with Gasteiger partial charge in [-0.15, -0.1) is 0 Å². The first-order valence-electron chi connectivity index (χ1n) is 6.96. The molecule has 0 spiro atoms. The molecule has 0 atom stereocenters. The Labute approximate surface area is 123 Å². The fraction of sp³-hybridized carbons (Fsp3) is 0.538. The maximum absolute atomic E-state index is 5.59. The molecule has 1 saturated carbocycles. The van der Waals surface area contributed by atoms with E-state index in [0.717, 1.165) is 12.8 Å². The highest BCUT2D eigenvalue weighted by molar-refractivity contribution is 5.38. The number of aromatic nitrogens is 5. The summed E-state index contributed by atoms with van der Waals surface area (Å²) in [4.78, 5) is 17.1. The van der Waals surface area contributed by atoms with Crippen molar-refractivity contribution in [1.29, 1.82) is 0 Å². The molecule has 112 valence electrons. The van der Waals surface area contributed by atoms with Gasteiger partial charge in [0.05, 0.1) is 5.60 Å². The number of hydrogen-bond acceptors (Lipinski definition) is 7. The zero-order valence-electron chi connectivity index (χ0n) is 12.2. The highest BCUT2D eigenvalue weighted by Crippen LogP contribution is 2.34. The summed E-state index contributed by atoms with van der Waals surface area (Å²) in [7, 11) is 3.53. The standard InChI is InChI=1S/C13H19N7O/c1-14-10-17-11(16-8-13(21-2)4-3-5-13)19-12(18-10)20-7-6-15-9-20/h6-7,9H,3-5,8H2,1-2H3,(H2,14,16,17,18,19). The van der Waals surface area contributed by atoms with Crippen molar-refractivity contribution in [1.82, 2.24) is 24.5 Å². The number of imidazole rings is 1. The molecule has 2 N–H and O–H groups in total. The molecule has 1 fully saturated rings. The average Bonchev–Trinajstić information content (AvgIpc) is 3.00. The summed E-state index contributed by atoms with van der Waals surface area (Å²) in [6.45, 7) is 0.694. The van der Waals surface area contributed by atoms with Crippen LogP contribution in [-0.2, 0) is 4.74 Å². The van der Waals surface area contributed by atoms with Crippen LogP contribution in [0.2, 0.25) is 0 Å². The molecule has 2 aromatic rings. The van der Waals surface area contributed by atoms with Crippen LogP contribution in [0.25, 0.3) is 5.95 Å². The first-order chi connectivity index (χ1) is 10.2. The minimum Gasteiger partial charge on any atom is -0.376 e. The van der Waals surface area contributed by atoms with E-state index in [1.807, 2.05) is 0 Å². The normalized spacial score (nSPS) is 16.3. The van der Waals surface area contributed by atoms with Crippen LogP contribution in [0.4, 0.5) is 11.9 Å². The lowest BCUT2D eigenvalue weighted by Gasteiger charge is -2.40. The van der Waals surface area contributed by atoms with Gasteiger partial charge in [-0.3, -0.25) is 4.57 Å². The van der Waals surface area contributed by atoms with Crippen molar-refractivity contribution in [2.24, 2.45) is 0 Å². The maximum atomic E-state index is 5.59. The van der Waals surface area contributed by atoms with Gasteiger partial charge in [0.25, 0.3) is 0 Å². The summed E-state index contributed by atoms with van der Waals surface area (Å²) in [5, 5.41) is 6.20. The molecule has 0 amide bonds. The van der Waals surface area contributed by atoms with Crippen molar-refractivity contribution < 1.29 is 4.74 Å². The molecule has 2 heterocycles. The number of hydrogen-bond donors (Lipinski definition) is 2. The lowest BCUT2D eigenvalue weighted by molar-refractivity contribution is -0.0602. The molecule has 2 aromatic heterocycles. The molecule has 0 unspecified atom stereocenters. The minimum atomic E-state index is -0.0817. The molecule has 1 aliphatic rings. The Bertz CT molecular complexity index is 589. The maximum Gasteiger partial charge on any atom is 0.241 e. The Kier molecular flexibility index (Phi) is 3.70. The van der Waals surface area contributed by atoms with Crippen LogP contribution in [0.15, 0.2) is 18.7 Å². The van der Waals surface area contributed by atoms with E-state index in [1.165, 1.54) is 6.42 Å². The number of ether oxygens (including phenoxy) is 1. The van der Waals surface area contributed by atoms with Gasteiger partial charge in [0, 0.05) is 33.1 Å². The van der Waals surface area contributed by atoms with E-state index in [0.29, 0.717) is 24.4 Å². The summed E-state index contributed by atoms with van der Waals surface area (Å²) in [6.07, 6.45) is 8.46. The van der Waals surface area contributed by atoms with E-state index >= 15 is 0 Å². The van der Waals surface area contributed by atoms with E-state index in [1.54, 1.807) is 37.4 Å². The monoisotopic (exact) mass is 289 g/mol. The van der Waals surface area contributed by atoms with Crippen LogP contribution in [0.1, 0.15) is 19.3 Å². The SMILES string of the molecule is CNc1nc(NCC2(OC)CCC2)nc(-n2ccnc2)n1. The third-order valence-electron chi connectivity index (χ3n) is 3.85. The summed E-state index contributed by atoms with van der Waals surface area (Å²) >= 11 is 0. The number of anilines is 2. The molecular formula is C13H19N7O. The Hall–Kier alpha value is -2.22. The third-order valence-corrected chi connectivity index (χ3v) is 3.85. The smallest absolute Gasteiger partial charge is 0.241 e. The lowest BCUT2D eigenvalue weighted by Crippen LogP contribution is -2.45. The molecule has 0 aromatic carbocycles. The van der Waals surface area contributed by atoms with Gasteiger partial charge in [0.15, 0.2) is 0 Å². The number of nitrogens with zero attached hydrogens (tertiary/aromatic N) is 5. The molecule has 0 aliphatic heterocycles. The Morgan fingerprint density at radius 1 is 1.29 bits per heavy atom. The zero-order valence-corrected chi connectivity index (χ0v) is 12.2. The topological polar surface area (TPSA) is 89.8 Å². The predicted molar refractivity (Wildman–Crippen MR) is 78.6 cm³/mol. The van der Waals surface area contributed by atoms with E-state index in [2.05, 4.69) is 30.6 Å². The van der Waals surface area contributed by atoms with Crippen molar-refractivity contribution in [3.63, 3.8) is 0 Å². The van der Waals surface area contributed by atoms with Crippen molar-refractivity contribution in [2.45, 2.75) is 24.9 Å². The highest BCUT2D eigenvalue weighted by atomic mass is 16.5. The molecule has 21 heavy (non-hydrogen) atoms. The molecule has 3 rings (SSSR count). The molecule has 8 heteroatoms.